The van der Waals surface area contributed by atoms with Gasteiger partial charge in [-0.3, -0.25) is 9.59 Å². The van der Waals surface area contributed by atoms with Crippen LogP contribution in [0.15, 0.2) is 59.1 Å². The number of aromatic nitrogens is 1. The number of hydrogen-bond acceptors (Lipinski definition) is 5. The zero-order valence-electron chi connectivity index (χ0n) is 17.7. The number of ether oxygens (including phenoxy) is 1. The molecule has 2 amide bonds. The number of nitrogens with one attached hydrogen (secondary N) is 1. The Hall–Kier alpha value is -3.68. The van der Waals surface area contributed by atoms with Crippen molar-refractivity contribution in [2.75, 3.05) is 25.0 Å². The zero-order chi connectivity index (χ0) is 22.5. The summed E-state index contributed by atoms with van der Waals surface area (Å²) in [6, 6.07) is 14.8. The minimum absolute atomic E-state index is 0.0562. The van der Waals surface area contributed by atoms with Crippen LogP contribution >= 0.6 is 0 Å². The fraction of sp³-hybridized carbons (Fsp3) is 0.292. The molecule has 2 heterocycles. The van der Waals surface area contributed by atoms with Gasteiger partial charge in [0.2, 0.25) is 5.76 Å². The predicted molar refractivity (Wildman–Crippen MR) is 116 cm³/mol. The lowest BCUT2D eigenvalue weighted by Crippen LogP contribution is -2.38. The number of amides is 2. The van der Waals surface area contributed by atoms with Crippen molar-refractivity contribution in [3.63, 3.8) is 0 Å². The second-order valence-corrected chi connectivity index (χ2v) is 7.55. The third-order valence-corrected chi connectivity index (χ3v) is 5.49. The van der Waals surface area contributed by atoms with Crippen molar-refractivity contribution in [3.05, 3.63) is 77.4 Å². The van der Waals surface area contributed by atoms with Gasteiger partial charge in [0.05, 0.1) is 23.6 Å². The Morgan fingerprint density at radius 3 is 2.62 bits per heavy atom. The van der Waals surface area contributed by atoms with Crippen molar-refractivity contribution in [2.24, 2.45) is 0 Å². The Bertz CT molecular complexity index is 1110. The van der Waals surface area contributed by atoms with Gasteiger partial charge in [-0.15, -0.1) is 0 Å². The summed E-state index contributed by atoms with van der Waals surface area (Å²) < 4.78 is 24.7. The summed E-state index contributed by atoms with van der Waals surface area (Å²) in [5, 5.41) is 6.86. The van der Waals surface area contributed by atoms with Gasteiger partial charge in [-0.05, 0) is 44.0 Å². The van der Waals surface area contributed by atoms with Gasteiger partial charge in [-0.25, -0.2) is 4.39 Å². The van der Waals surface area contributed by atoms with Crippen LogP contribution < -0.4 is 10.1 Å². The monoisotopic (exact) mass is 437 g/mol. The van der Waals surface area contributed by atoms with E-state index in [9.17, 15) is 14.0 Å². The maximum Gasteiger partial charge on any atom is 0.294 e. The highest BCUT2D eigenvalue weighted by molar-refractivity contribution is 6.03. The predicted octanol–water partition coefficient (Wildman–Crippen LogP) is 4.48. The summed E-state index contributed by atoms with van der Waals surface area (Å²) in [7, 11) is 0. The first kappa shape index (κ1) is 21.5. The van der Waals surface area contributed by atoms with Crippen LogP contribution in [0.4, 0.5) is 10.1 Å². The SMILES string of the molecule is CCOc1ccccc1NC(=O)c1cc(C2CCN(C(=O)c3ccccc3F)CC2)no1. The molecule has 32 heavy (non-hydrogen) atoms. The number of nitrogens with zero attached hydrogens (tertiary/aromatic N) is 2. The highest BCUT2D eigenvalue weighted by Gasteiger charge is 2.28. The Labute approximate surface area is 185 Å². The number of hydrogen-bond donors (Lipinski definition) is 1. The van der Waals surface area contributed by atoms with Crippen LogP contribution in [0.2, 0.25) is 0 Å². The number of carbonyl (C=O) groups is 2. The summed E-state index contributed by atoms with van der Waals surface area (Å²) in [6.45, 7) is 3.32. The van der Waals surface area contributed by atoms with E-state index in [1.165, 1.54) is 12.1 Å². The molecule has 1 aliphatic rings. The van der Waals surface area contributed by atoms with Gasteiger partial charge in [-0.2, -0.15) is 0 Å². The van der Waals surface area contributed by atoms with Gasteiger partial charge >= 0.3 is 0 Å². The first-order chi connectivity index (χ1) is 15.6. The van der Waals surface area contributed by atoms with E-state index in [2.05, 4.69) is 10.5 Å². The standard InChI is InChI=1S/C24H24FN3O4/c1-2-31-21-10-6-5-9-19(21)26-23(29)22-15-20(27-32-22)16-11-13-28(14-12-16)24(30)17-7-3-4-8-18(17)25/h3-10,15-16H,2,11-14H2,1H3,(H,26,29). The molecule has 0 unspecified atom stereocenters. The van der Waals surface area contributed by atoms with Crippen LogP contribution in [0.25, 0.3) is 0 Å². The zero-order valence-corrected chi connectivity index (χ0v) is 17.7. The van der Waals surface area contributed by atoms with Crippen molar-refractivity contribution in [2.45, 2.75) is 25.7 Å². The van der Waals surface area contributed by atoms with E-state index in [0.717, 1.165) is 0 Å². The molecule has 1 saturated heterocycles. The number of anilines is 1. The molecule has 1 N–H and O–H groups in total. The van der Waals surface area contributed by atoms with E-state index >= 15 is 0 Å². The molecule has 8 heteroatoms. The van der Waals surface area contributed by atoms with Crippen LogP contribution in [0.5, 0.6) is 5.75 Å². The van der Waals surface area contributed by atoms with E-state index in [1.54, 1.807) is 41.3 Å². The van der Waals surface area contributed by atoms with E-state index in [1.807, 2.05) is 13.0 Å². The molecule has 0 spiro atoms. The van der Waals surface area contributed by atoms with Crippen LogP contribution in [0.3, 0.4) is 0 Å². The van der Waals surface area contributed by atoms with E-state index in [0.29, 0.717) is 49.7 Å². The lowest BCUT2D eigenvalue weighted by molar-refractivity contribution is 0.0706. The molecule has 1 aromatic heterocycles. The topological polar surface area (TPSA) is 84.7 Å². The van der Waals surface area contributed by atoms with Crippen molar-refractivity contribution in [3.8, 4) is 5.75 Å². The number of benzene rings is 2. The van der Waals surface area contributed by atoms with Crippen molar-refractivity contribution >= 4 is 17.5 Å². The minimum Gasteiger partial charge on any atom is -0.492 e. The number of piperidine rings is 1. The summed E-state index contributed by atoms with van der Waals surface area (Å²) in [4.78, 5) is 26.8. The molecule has 7 nitrogen and oxygen atoms in total. The average Bonchev–Trinajstić information content (AvgIpc) is 3.31. The summed E-state index contributed by atoms with van der Waals surface area (Å²) in [6.07, 6.45) is 1.31. The smallest absolute Gasteiger partial charge is 0.294 e. The maximum atomic E-state index is 13.9. The van der Waals surface area contributed by atoms with Gasteiger partial charge in [0, 0.05) is 25.1 Å². The lowest BCUT2D eigenvalue weighted by atomic mass is 9.93. The van der Waals surface area contributed by atoms with E-state index in [-0.39, 0.29) is 23.1 Å². The van der Waals surface area contributed by atoms with Crippen LogP contribution in [0.1, 0.15) is 52.3 Å². The van der Waals surface area contributed by atoms with Gasteiger partial charge in [-0.1, -0.05) is 29.4 Å². The first-order valence-electron chi connectivity index (χ1n) is 10.6. The maximum absolute atomic E-state index is 13.9. The largest absolute Gasteiger partial charge is 0.492 e. The van der Waals surface area contributed by atoms with Gasteiger partial charge < -0.3 is 19.5 Å². The first-order valence-corrected chi connectivity index (χ1v) is 10.6. The Kier molecular flexibility index (Phi) is 6.49. The molecule has 0 radical (unpaired) electrons. The third kappa shape index (κ3) is 4.64. The van der Waals surface area contributed by atoms with Crippen molar-refractivity contribution < 1.29 is 23.2 Å². The number of para-hydroxylation sites is 2. The van der Waals surface area contributed by atoms with Crippen molar-refractivity contribution in [1.82, 2.24) is 10.1 Å². The lowest BCUT2D eigenvalue weighted by Gasteiger charge is -2.31. The fourth-order valence-electron chi connectivity index (χ4n) is 3.81. The second kappa shape index (κ2) is 9.64. The fourth-order valence-corrected chi connectivity index (χ4v) is 3.81. The van der Waals surface area contributed by atoms with Gasteiger partial charge in [0.25, 0.3) is 11.8 Å². The molecular formula is C24H24FN3O4. The number of carbonyl (C=O) groups excluding carboxylic acids is 2. The van der Waals surface area contributed by atoms with Crippen molar-refractivity contribution in [1.29, 1.82) is 0 Å². The summed E-state index contributed by atoms with van der Waals surface area (Å²) in [5.41, 5.74) is 1.31. The third-order valence-electron chi connectivity index (χ3n) is 5.49. The van der Waals surface area contributed by atoms with E-state index < -0.39 is 11.7 Å². The number of likely N-dealkylation sites (tertiary alicyclic amines) is 1. The summed E-state index contributed by atoms with van der Waals surface area (Å²) >= 11 is 0. The van der Waals surface area contributed by atoms with Gasteiger partial charge in [0.15, 0.2) is 0 Å². The van der Waals surface area contributed by atoms with E-state index in [4.69, 9.17) is 9.26 Å². The average molecular weight is 437 g/mol. The molecule has 166 valence electrons. The molecule has 1 fully saturated rings. The molecular weight excluding hydrogens is 413 g/mol. The van der Waals surface area contributed by atoms with Crippen LogP contribution in [-0.2, 0) is 0 Å². The normalized spacial score (nSPS) is 14.2. The van der Waals surface area contributed by atoms with Gasteiger partial charge in [0.1, 0.15) is 11.6 Å². The molecule has 0 bridgehead atoms. The van der Waals surface area contributed by atoms with Crippen LogP contribution in [-0.4, -0.2) is 41.6 Å². The highest BCUT2D eigenvalue weighted by atomic mass is 19.1. The number of rotatable bonds is 6. The minimum atomic E-state index is -0.516. The molecule has 4 rings (SSSR count). The summed E-state index contributed by atoms with van der Waals surface area (Å²) in [5.74, 6) is -0.498. The second-order valence-electron chi connectivity index (χ2n) is 7.55. The molecule has 0 atom stereocenters. The molecule has 0 saturated carbocycles. The molecule has 2 aromatic carbocycles. The Morgan fingerprint density at radius 2 is 1.88 bits per heavy atom. The Morgan fingerprint density at radius 1 is 1.16 bits per heavy atom. The van der Waals surface area contributed by atoms with Crippen LogP contribution in [0, 0.1) is 5.82 Å². The highest BCUT2D eigenvalue weighted by Crippen LogP contribution is 2.29. The molecule has 3 aromatic rings. The Balaban J connectivity index is 1.37. The number of halogens is 1. The molecule has 0 aliphatic carbocycles. The molecule has 1 aliphatic heterocycles. The quantitative estimate of drug-likeness (QED) is 0.614.